The summed E-state index contributed by atoms with van der Waals surface area (Å²) in [7, 11) is 4.34. The Morgan fingerprint density at radius 1 is 1.16 bits per heavy atom. The van der Waals surface area contributed by atoms with Crippen molar-refractivity contribution in [3.8, 4) is 0 Å². The van der Waals surface area contributed by atoms with E-state index >= 15 is 0 Å². The van der Waals surface area contributed by atoms with Crippen LogP contribution in [0, 0.1) is 20.8 Å². The zero-order chi connectivity index (χ0) is 22.7. The van der Waals surface area contributed by atoms with E-state index in [1.165, 1.54) is 30.7 Å². The number of rotatable bonds is 7. The van der Waals surface area contributed by atoms with Gasteiger partial charge in [0.15, 0.2) is 0 Å². The topological polar surface area (TPSA) is 68.4 Å². The van der Waals surface area contributed by atoms with Crippen LogP contribution in [0.25, 0.3) is 0 Å². The number of H-pyrrole nitrogens is 1. The van der Waals surface area contributed by atoms with Crippen LogP contribution in [0.15, 0.2) is 16.2 Å². The van der Waals surface area contributed by atoms with Crippen molar-refractivity contribution in [3.05, 3.63) is 49.7 Å². The summed E-state index contributed by atoms with van der Waals surface area (Å²) >= 11 is 1.65. The van der Waals surface area contributed by atoms with Crippen LogP contribution in [0.4, 0.5) is 5.00 Å². The summed E-state index contributed by atoms with van der Waals surface area (Å²) in [5.74, 6) is -0.119. The van der Waals surface area contributed by atoms with Gasteiger partial charge in [0.1, 0.15) is 0 Å². The number of aromatic amines is 1. The highest BCUT2D eigenvalue weighted by molar-refractivity contribution is 7.14. The molecule has 0 aromatic carbocycles. The van der Waals surface area contributed by atoms with Gasteiger partial charge < -0.3 is 20.1 Å². The fourth-order valence-corrected chi connectivity index (χ4v) is 5.95. The maximum absolute atomic E-state index is 12.9. The first-order chi connectivity index (χ1) is 14.7. The van der Waals surface area contributed by atoms with Crippen molar-refractivity contribution in [1.29, 1.82) is 0 Å². The molecule has 1 saturated carbocycles. The number of amides is 1. The number of carbonyl (C=O) groups is 1. The van der Waals surface area contributed by atoms with Gasteiger partial charge in [0.25, 0.3) is 11.5 Å². The van der Waals surface area contributed by atoms with E-state index in [4.69, 9.17) is 0 Å². The summed E-state index contributed by atoms with van der Waals surface area (Å²) < 4.78 is 0. The lowest BCUT2D eigenvalue weighted by atomic mass is 9.89. The number of nitrogens with one attached hydrogen (secondary N) is 2. The molecule has 2 aromatic heterocycles. The van der Waals surface area contributed by atoms with Gasteiger partial charge in [-0.15, -0.1) is 11.3 Å². The molecule has 170 valence electrons. The van der Waals surface area contributed by atoms with Gasteiger partial charge in [-0.1, -0.05) is 0 Å². The zero-order valence-corrected chi connectivity index (χ0v) is 20.5. The van der Waals surface area contributed by atoms with Crippen molar-refractivity contribution in [1.82, 2.24) is 15.2 Å². The number of aromatic nitrogens is 1. The van der Waals surface area contributed by atoms with E-state index in [-0.39, 0.29) is 18.0 Å². The second-order valence-corrected chi connectivity index (χ2v) is 9.78. The number of aryl methyl sites for hydroxylation is 2. The van der Waals surface area contributed by atoms with Crippen LogP contribution in [-0.2, 0) is 6.54 Å². The molecule has 1 fully saturated rings. The first-order valence-corrected chi connectivity index (χ1v) is 12.1. The molecule has 0 radical (unpaired) electrons. The average Bonchev–Trinajstić information content (AvgIpc) is 3.09. The lowest BCUT2D eigenvalue weighted by Gasteiger charge is -2.39. The summed E-state index contributed by atoms with van der Waals surface area (Å²) in [6, 6.07) is 3.14. The predicted molar refractivity (Wildman–Crippen MR) is 130 cm³/mol. The van der Waals surface area contributed by atoms with Crippen molar-refractivity contribution in [2.24, 2.45) is 0 Å². The normalized spacial score (nSPS) is 18.9. The molecule has 0 saturated heterocycles. The molecule has 2 heterocycles. The molecule has 1 amide bonds. The fourth-order valence-electron chi connectivity index (χ4n) is 4.73. The Morgan fingerprint density at radius 2 is 1.81 bits per heavy atom. The van der Waals surface area contributed by atoms with Crippen LogP contribution >= 0.6 is 11.3 Å². The maximum Gasteiger partial charge on any atom is 0.253 e. The van der Waals surface area contributed by atoms with Crippen molar-refractivity contribution in [3.63, 3.8) is 0 Å². The number of carbonyl (C=O) groups excluding carboxylic acids is 1. The molecule has 3 rings (SSSR count). The lowest BCUT2D eigenvalue weighted by Crippen LogP contribution is -2.42. The molecule has 0 bridgehead atoms. The molecular weight excluding hydrogens is 408 g/mol. The van der Waals surface area contributed by atoms with Gasteiger partial charge in [-0.05, 0) is 84.7 Å². The molecule has 0 unspecified atom stereocenters. The second kappa shape index (κ2) is 10.0. The highest BCUT2D eigenvalue weighted by atomic mass is 32.1. The molecule has 31 heavy (non-hydrogen) atoms. The largest absolute Gasteiger partial charge is 0.361 e. The van der Waals surface area contributed by atoms with E-state index in [0.29, 0.717) is 23.2 Å². The van der Waals surface area contributed by atoms with E-state index in [2.05, 4.69) is 41.1 Å². The quantitative estimate of drug-likeness (QED) is 0.678. The molecule has 1 aliphatic rings. The summed E-state index contributed by atoms with van der Waals surface area (Å²) in [6.45, 7) is 9.18. The molecule has 7 heteroatoms. The smallest absolute Gasteiger partial charge is 0.253 e. The Balaban J connectivity index is 1.70. The van der Waals surface area contributed by atoms with E-state index in [9.17, 15) is 9.59 Å². The second-order valence-electron chi connectivity index (χ2n) is 8.92. The summed E-state index contributed by atoms with van der Waals surface area (Å²) in [5.41, 5.74) is 3.95. The first-order valence-electron chi connectivity index (χ1n) is 11.2. The fraction of sp³-hybridized carbons (Fsp3) is 0.583. The molecule has 2 aromatic rings. The zero-order valence-electron chi connectivity index (χ0n) is 19.7. The summed E-state index contributed by atoms with van der Waals surface area (Å²) in [4.78, 5) is 32.8. The number of thiophene rings is 1. The van der Waals surface area contributed by atoms with Crippen LogP contribution in [0.1, 0.15) is 65.3 Å². The third-order valence-electron chi connectivity index (χ3n) is 6.62. The first kappa shape index (κ1) is 23.5. The van der Waals surface area contributed by atoms with Crippen LogP contribution in [-0.4, -0.2) is 48.5 Å². The SMILES string of the molecule is CCN(c1scc(C(=O)NCc2c(C)cc(C)[nH]c2=O)c1C)[C@H]1CC[C@H](N(C)C)CC1. The lowest BCUT2D eigenvalue weighted by molar-refractivity contribution is 0.0950. The van der Waals surface area contributed by atoms with Gasteiger partial charge >= 0.3 is 0 Å². The Kier molecular flexibility index (Phi) is 7.59. The van der Waals surface area contributed by atoms with Crippen molar-refractivity contribution in [2.45, 2.75) is 72.0 Å². The third kappa shape index (κ3) is 5.21. The van der Waals surface area contributed by atoms with E-state index < -0.39 is 0 Å². The minimum Gasteiger partial charge on any atom is -0.361 e. The highest BCUT2D eigenvalue weighted by Gasteiger charge is 2.28. The van der Waals surface area contributed by atoms with Gasteiger partial charge in [0.2, 0.25) is 0 Å². The van der Waals surface area contributed by atoms with Gasteiger partial charge in [0.05, 0.1) is 10.6 Å². The molecule has 1 aliphatic carbocycles. The predicted octanol–water partition coefficient (Wildman–Crippen LogP) is 3.99. The van der Waals surface area contributed by atoms with Crippen molar-refractivity contribution >= 4 is 22.2 Å². The summed E-state index contributed by atoms with van der Waals surface area (Å²) in [6.07, 6.45) is 4.81. The van der Waals surface area contributed by atoms with Gasteiger partial charge in [-0.2, -0.15) is 0 Å². The van der Waals surface area contributed by atoms with Gasteiger partial charge in [-0.25, -0.2) is 0 Å². The minimum absolute atomic E-state index is 0.119. The Labute approximate surface area is 189 Å². The minimum atomic E-state index is -0.133. The maximum atomic E-state index is 12.9. The molecule has 6 nitrogen and oxygen atoms in total. The number of hydrogen-bond donors (Lipinski definition) is 2. The molecule has 0 aliphatic heterocycles. The monoisotopic (exact) mass is 444 g/mol. The van der Waals surface area contributed by atoms with E-state index in [0.717, 1.165) is 23.4 Å². The molecule has 0 atom stereocenters. The third-order valence-corrected chi connectivity index (χ3v) is 7.73. The molecule has 0 spiro atoms. The molecule has 2 N–H and O–H groups in total. The van der Waals surface area contributed by atoms with Gasteiger partial charge in [0, 0.05) is 41.8 Å². The number of hydrogen-bond acceptors (Lipinski definition) is 5. The molecular formula is C24H36N4O2S. The Hall–Kier alpha value is -2.12. The van der Waals surface area contributed by atoms with Crippen LogP contribution in [0.5, 0.6) is 0 Å². The van der Waals surface area contributed by atoms with Crippen molar-refractivity contribution < 1.29 is 4.79 Å². The van der Waals surface area contributed by atoms with Gasteiger partial charge in [-0.3, -0.25) is 9.59 Å². The number of anilines is 1. The Bertz CT molecular complexity index is 970. The van der Waals surface area contributed by atoms with Crippen LogP contribution in [0.2, 0.25) is 0 Å². The average molecular weight is 445 g/mol. The number of nitrogens with zero attached hydrogens (tertiary/aromatic N) is 2. The Morgan fingerprint density at radius 3 is 2.39 bits per heavy atom. The van der Waals surface area contributed by atoms with E-state index in [1.54, 1.807) is 11.3 Å². The van der Waals surface area contributed by atoms with Crippen molar-refractivity contribution in [2.75, 3.05) is 25.5 Å². The van der Waals surface area contributed by atoms with E-state index in [1.807, 2.05) is 32.2 Å². The number of pyridine rings is 1. The summed E-state index contributed by atoms with van der Waals surface area (Å²) in [5, 5.41) is 6.11. The van der Waals surface area contributed by atoms with Crippen LogP contribution in [0.3, 0.4) is 0 Å². The highest BCUT2D eigenvalue weighted by Crippen LogP contribution is 2.36. The van der Waals surface area contributed by atoms with Crippen LogP contribution < -0.4 is 15.8 Å². The standard InChI is InChI=1S/C24H36N4O2S/c1-7-28(19-10-8-18(9-11-19)27(5)6)24-17(4)21(14-31-24)22(29)25-13-20-15(2)12-16(3)26-23(20)30/h12,14,18-19H,7-11,13H2,1-6H3,(H,25,29)(H,26,30)/t18-,19-.